The molecule has 0 radical (unpaired) electrons. The van der Waals surface area contributed by atoms with Gasteiger partial charge in [0.15, 0.2) is 0 Å². The van der Waals surface area contributed by atoms with E-state index < -0.39 is 6.10 Å². The van der Waals surface area contributed by atoms with Crippen molar-refractivity contribution in [1.29, 1.82) is 0 Å². The zero-order valence-corrected chi connectivity index (χ0v) is 21.0. The third-order valence-electron chi connectivity index (χ3n) is 6.89. The first kappa shape index (κ1) is 24.8. The Kier molecular flexibility index (Phi) is 7.12. The highest BCUT2D eigenvalue weighted by atomic mass is 19.1. The van der Waals surface area contributed by atoms with Crippen molar-refractivity contribution in [2.24, 2.45) is 5.92 Å². The molecule has 6 nitrogen and oxygen atoms in total. The summed E-state index contributed by atoms with van der Waals surface area (Å²) >= 11 is 0. The van der Waals surface area contributed by atoms with Crippen LogP contribution in [0.5, 0.6) is 17.2 Å². The number of hydrogen-bond donors (Lipinski definition) is 1. The van der Waals surface area contributed by atoms with Gasteiger partial charge in [0.1, 0.15) is 29.2 Å². The van der Waals surface area contributed by atoms with E-state index in [2.05, 4.69) is 5.32 Å². The summed E-state index contributed by atoms with van der Waals surface area (Å²) in [6.45, 7) is 4.63. The molecule has 0 aromatic heterocycles. The minimum Gasteiger partial charge on any atom is -0.486 e. The molecule has 1 N–H and O–H groups in total. The fourth-order valence-electron chi connectivity index (χ4n) is 4.95. The number of fused-ring (bicyclic) bond motifs is 1. The fraction of sp³-hybridized carbons (Fsp3) is 0.333. The lowest BCUT2D eigenvalue weighted by Crippen LogP contribution is -2.22. The Morgan fingerprint density at radius 3 is 2.41 bits per heavy atom. The van der Waals surface area contributed by atoms with Gasteiger partial charge in [-0.15, -0.1) is 0 Å². The van der Waals surface area contributed by atoms with Crippen LogP contribution >= 0.6 is 0 Å². The number of carbonyl (C=O) groups is 2. The van der Waals surface area contributed by atoms with Crippen molar-refractivity contribution < 1.29 is 28.2 Å². The third-order valence-corrected chi connectivity index (χ3v) is 6.89. The van der Waals surface area contributed by atoms with Crippen LogP contribution in [0.4, 0.5) is 4.39 Å². The van der Waals surface area contributed by atoms with Crippen molar-refractivity contribution >= 4 is 11.9 Å². The summed E-state index contributed by atoms with van der Waals surface area (Å²) in [5.74, 6) is 1.34. The summed E-state index contributed by atoms with van der Waals surface area (Å²) in [6, 6.07) is 17.6. The maximum atomic E-state index is 14.9. The van der Waals surface area contributed by atoms with Gasteiger partial charge in [-0.3, -0.25) is 9.59 Å². The maximum absolute atomic E-state index is 14.9. The molecule has 3 aromatic carbocycles. The van der Waals surface area contributed by atoms with E-state index in [-0.39, 0.29) is 29.5 Å². The highest BCUT2D eigenvalue weighted by Crippen LogP contribution is 2.49. The third kappa shape index (κ3) is 5.31. The number of amides is 1. The van der Waals surface area contributed by atoms with Crippen molar-refractivity contribution in [3.63, 3.8) is 0 Å². The Bertz CT molecular complexity index is 1290. The molecule has 0 spiro atoms. The number of carbonyl (C=O) groups excluding carboxylic acids is 2. The summed E-state index contributed by atoms with van der Waals surface area (Å²) in [6.07, 6.45) is 1.65. The molecular weight excluding hydrogens is 473 g/mol. The first-order chi connectivity index (χ1) is 18.0. The van der Waals surface area contributed by atoms with Crippen LogP contribution in [0, 0.1) is 11.7 Å². The number of benzene rings is 3. The molecule has 192 valence electrons. The molecule has 0 bridgehead atoms. The van der Waals surface area contributed by atoms with Crippen LogP contribution in [0.1, 0.15) is 65.8 Å². The summed E-state index contributed by atoms with van der Waals surface area (Å²) < 4.78 is 32.3. The van der Waals surface area contributed by atoms with Crippen molar-refractivity contribution in [1.82, 2.24) is 5.32 Å². The number of ether oxygens (including phenoxy) is 3. The number of esters is 1. The normalized spacial score (nSPS) is 19.6. The summed E-state index contributed by atoms with van der Waals surface area (Å²) in [4.78, 5) is 23.9. The molecule has 0 saturated heterocycles. The second-order valence-corrected chi connectivity index (χ2v) is 9.34. The number of halogens is 1. The standard InChI is InChI=1S/C30H30FNO5/c1-3-32-29(33)19-7-11-20(12-8-19)36-26-16-14-25(31)28-22(26)13-15-27(28)37-21-9-5-18(6-10-21)23-17-24(23)30(34)35-4-2/h5-12,14,16,23-24,27H,3-4,13,15,17H2,1-2H3,(H,32,33)/t23-,24+,27-/m1/s1. The highest BCUT2D eigenvalue weighted by molar-refractivity contribution is 5.94. The first-order valence-corrected chi connectivity index (χ1v) is 12.8. The van der Waals surface area contributed by atoms with Crippen LogP contribution in [0.25, 0.3) is 0 Å². The molecule has 2 aliphatic rings. The number of nitrogens with one attached hydrogen (secondary N) is 1. The molecule has 3 aromatic rings. The molecule has 3 atom stereocenters. The largest absolute Gasteiger partial charge is 0.486 e. The lowest BCUT2D eigenvalue weighted by Gasteiger charge is -2.17. The Morgan fingerprint density at radius 1 is 0.973 bits per heavy atom. The topological polar surface area (TPSA) is 73.9 Å². The van der Waals surface area contributed by atoms with Gasteiger partial charge in [0.05, 0.1) is 12.5 Å². The zero-order valence-electron chi connectivity index (χ0n) is 21.0. The SMILES string of the molecule is CCNC(=O)c1ccc(Oc2ccc(F)c3c2CC[C@H]3Oc2ccc([C@H]3C[C@@H]3C(=O)OCC)cc2)cc1. The second kappa shape index (κ2) is 10.6. The molecule has 1 amide bonds. The van der Waals surface area contributed by atoms with E-state index in [1.165, 1.54) is 6.07 Å². The molecule has 1 fully saturated rings. The molecule has 0 aliphatic heterocycles. The molecule has 7 heteroatoms. The van der Waals surface area contributed by atoms with Gasteiger partial charge in [0.25, 0.3) is 5.91 Å². The lowest BCUT2D eigenvalue weighted by atomic mass is 10.1. The minimum atomic E-state index is -0.419. The predicted molar refractivity (Wildman–Crippen MR) is 137 cm³/mol. The molecule has 1 saturated carbocycles. The van der Waals surface area contributed by atoms with Gasteiger partial charge in [0, 0.05) is 23.2 Å². The van der Waals surface area contributed by atoms with E-state index in [4.69, 9.17) is 14.2 Å². The van der Waals surface area contributed by atoms with Crippen LogP contribution in [-0.4, -0.2) is 25.0 Å². The van der Waals surface area contributed by atoms with E-state index in [9.17, 15) is 14.0 Å². The van der Waals surface area contributed by atoms with Gasteiger partial charge in [-0.1, -0.05) is 12.1 Å². The van der Waals surface area contributed by atoms with Gasteiger partial charge < -0.3 is 19.5 Å². The van der Waals surface area contributed by atoms with Crippen molar-refractivity contribution in [2.75, 3.05) is 13.2 Å². The van der Waals surface area contributed by atoms with Crippen molar-refractivity contribution in [3.05, 3.63) is 88.7 Å². The van der Waals surface area contributed by atoms with Crippen molar-refractivity contribution in [3.8, 4) is 17.2 Å². The smallest absolute Gasteiger partial charge is 0.309 e. The van der Waals surface area contributed by atoms with E-state index >= 15 is 0 Å². The van der Waals surface area contributed by atoms with Crippen LogP contribution in [0.15, 0.2) is 60.7 Å². The van der Waals surface area contributed by atoms with Crippen LogP contribution in [-0.2, 0) is 16.0 Å². The second-order valence-electron chi connectivity index (χ2n) is 9.34. The summed E-state index contributed by atoms with van der Waals surface area (Å²) in [7, 11) is 0. The Morgan fingerprint density at radius 2 is 1.70 bits per heavy atom. The fourth-order valence-corrected chi connectivity index (χ4v) is 4.95. The highest BCUT2D eigenvalue weighted by Gasteiger charge is 2.45. The quantitative estimate of drug-likeness (QED) is 0.357. The average molecular weight is 504 g/mol. The molecule has 2 aliphatic carbocycles. The van der Waals surface area contributed by atoms with E-state index in [0.717, 1.165) is 17.5 Å². The Balaban J connectivity index is 1.26. The van der Waals surface area contributed by atoms with Crippen LogP contribution in [0.2, 0.25) is 0 Å². The van der Waals surface area contributed by atoms with Crippen molar-refractivity contribution in [2.45, 2.75) is 45.1 Å². The monoisotopic (exact) mass is 503 g/mol. The van der Waals surface area contributed by atoms with Gasteiger partial charge in [0.2, 0.25) is 0 Å². The Hall–Kier alpha value is -3.87. The van der Waals surface area contributed by atoms with E-state index in [1.807, 2.05) is 38.1 Å². The van der Waals surface area contributed by atoms with Gasteiger partial charge in [-0.2, -0.15) is 0 Å². The maximum Gasteiger partial charge on any atom is 0.309 e. The predicted octanol–water partition coefficient (Wildman–Crippen LogP) is 6.10. The van der Waals surface area contributed by atoms with Gasteiger partial charge >= 0.3 is 5.97 Å². The van der Waals surface area contributed by atoms with E-state index in [0.29, 0.717) is 54.4 Å². The molecular formula is C30H30FNO5. The van der Waals surface area contributed by atoms with E-state index in [1.54, 1.807) is 30.3 Å². The molecule has 0 unspecified atom stereocenters. The summed E-state index contributed by atoms with van der Waals surface area (Å²) in [5.41, 5.74) is 2.95. The summed E-state index contributed by atoms with van der Waals surface area (Å²) in [5, 5.41) is 2.76. The van der Waals surface area contributed by atoms with Crippen LogP contribution in [0.3, 0.4) is 0 Å². The van der Waals surface area contributed by atoms with Gasteiger partial charge in [-0.05, 0) is 93.1 Å². The molecule has 5 rings (SSSR count). The zero-order chi connectivity index (χ0) is 25.9. The van der Waals surface area contributed by atoms with Gasteiger partial charge in [-0.25, -0.2) is 4.39 Å². The molecule has 0 heterocycles. The first-order valence-electron chi connectivity index (χ1n) is 12.8. The minimum absolute atomic E-state index is 0.0642. The average Bonchev–Trinajstić information content (AvgIpc) is 3.60. The Labute approximate surface area is 215 Å². The molecule has 37 heavy (non-hydrogen) atoms. The number of rotatable bonds is 9. The van der Waals surface area contributed by atoms with Crippen LogP contribution < -0.4 is 14.8 Å². The lowest BCUT2D eigenvalue weighted by molar-refractivity contribution is -0.144. The number of hydrogen-bond acceptors (Lipinski definition) is 5.